The van der Waals surface area contributed by atoms with Gasteiger partial charge >= 0.3 is 11.9 Å². The van der Waals surface area contributed by atoms with Crippen LogP contribution in [0.1, 0.15) is 61.3 Å². The number of nitrogens with zero attached hydrogens (tertiary/aromatic N) is 1. The Labute approximate surface area is 237 Å². The molecule has 36 heavy (non-hydrogen) atoms. The first-order valence-corrected chi connectivity index (χ1v) is 13.6. The van der Waals surface area contributed by atoms with Crippen LogP contribution in [-0.2, 0) is 4.74 Å². The van der Waals surface area contributed by atoms with Crippen molar-refractivity contribution >= 4 is 67.9 Å². The first-order chi connectivity index (χ1) is 16.8. The molecule has 0 bridgehead atoms. The van der Waals surface area contributed by atoms with Gasteiger partial charge < -0.3 is 19.8 Å². The lowest BCUT2D eigenvalue weighted by atomic mass is 9.80. The summed E-state index contributed by atoms with van der Waals surface area (Å²) < 4.78 is 12.9. The summed E-state index contributed by atoms with van der Waals surface area (Å²) in [4.78, 5) is 26.2. The van der Waals surface area contributed by atoms with Crippen LogP contribution in [0.2, 0.25) is 0 Å². The Kier molecular flexibility index (Phi) is 7.58. The monoisotopic (exact) mass is 715 g/mol. The van der Waals surface area contributed by atoms with E-state index < -0.39 is 23.0 Å². The zero-order valence-corrected chi connectivity index (χ0v) is 24.7. The number of rotatable bonds is 4. The Morgan fingerprint density at radius 1 is 0.917 bits per heavy atom. The molecule has 0 saturated carbocycles. The van der Waals surface area contributed by atoms with Gasteiger partial charge in [-0.1, -0.05) is 24.3 Å². The lowest BCUT2D eigenvalue weighted by molar-refractivity contribution is -0.256. The highest BCUT2D eigenvalue weighted by Crippen LogP contribution is 2.39. The van der Waals surface area contributed by atoms with E-state index in [-0.39, 0.29) is 23.2 Å². The summed E-state index contributed by atoms with van der Waals surface area (Å²) in [5.74, 6) is -1.02. The minimum absolute atomic E-state index is 0.0688. The Hall–Kier alpha value is -1.96. The Morgan fingerprint density at radius 3 is 2.17 bits per heavy atom. The van der Waals surface area contributed by atoms with Crippen LogP contribution in [0.3, 0.4) is 0 Å². The minimum Gasteiger partial charge on any atom is -0.506 e. The molecule has 9 heteroatoms. The van der Waals surface area contributed by atoms with Crippen LogP contribution in [0.5, 0.6) is 11.5 Å². The number of carbonyl (C=O) groups excluding carboxylic acids is 2. The molecule has 1 aliphatic rings. The number of ether oxygens (including phenoxy) is 2. The fourth-order valence-electron chi connectivity index (χ4n) is 4.89. The van der Waals surface area contributed by atoms with Gasteiger partial charge in [-0.3, -0.25) is 0 Å². The molecule has 0 aromatic heterocycles. The third-order valence-electron chi connectivity index (χ3n) is 6.43. The van der Waals surface area contributed by atoms with Crippen molar-refractivity contribution in [2.24, 2.45) is 0 Å². The highest BCUT2D eigenvalue weighted by molar-refractivity contribution is 14.1. The van der Waals surface area contributed by atoms with Crippen molar-refractivity contribution in [2.45, 2.75) is 57.7 Å². The molecule has 7 nitrogen and oxygen atoms in total. The molecule has 3 aromatic rings. The zero-order chi connectivity index (χ0) is 26.4. The van der Waals surface area contributed by atoms with E-state index in [9.17, 15) is 19.9 Å². The molecule has 1 heterocycles. The summed E-state index contributed by atoms with van der Waals surface area (Å²) in [7, 11) is 0. The molecule has 1 saturated heterocycles. The maximum absolute atomic E-state index is 13.3. The van der Waals surface area contributed by atoms with Crippen molar-refractivity contribution in [3.8, 4) is 11.5 Å². The van der Waals surface area contributed by atoms with E-state index in [0.717, 1.165) is 3.57 Å². The number of phenols is 1. The van der Waals surface area contributed by atoms with Crippen LogP contribution in [-0.4, -0.2) is 44.5 Å². The number of halogens is 2. The van der Waals surface area contributed by atoms with Crippen molar-refractivity contribution in [1.82, 2.24) is 5.06 Å². The van der Waals surface area contributed by atoms with Crippen LogP contribution >= 0.6 is 45.2 Å². The number of hydrogen-bond acceptors (Lipinski definition) is 7. The van der Waals surface area contributed by atoms with Crippen LogP contribution < -0.4 is 4.74 Å². The second kappa shape index (κ2) is 10.1. The molecule has 0 amide bonds. The minimum atomic E-state index is -0.690. The molecule has 0 aliphatic carbocycles. The van der Waals surface area contributed by atoms with E-state index in [2.05, 4.69) is 22.6 Å². The molecule has 190 valence electrons. The molecule has 1 aliphatic heterocycles. The van der Waals surface area contributed by atoms with Gasteiger partial charge in [-0.15, -0.1) is 0 Å². The molecule has 4 rings (SSSR count). The average molecular weight is 715 g/mol. The van der Waals surface area contributed by atoms with Crippen LogP contribution in [0.4, 0.5) is 0 Å². The number of benzene rings is 3. The normalized spacial score (nSPS) is 17.6. The van der Waals surface area contributed by atoms with E-state index in [1.165, 1.54) is 5.06 Å². The topological polar surface area (TPSA) is 96.3 Å². The Bertz CT molecular complexity index is 1340. The largest absolute Gasteiger partial charge is 0.506 e. The van der Waals surface area contributed by atoms with Crippen LogP contribution in [0.15, 0.2) is 48.5 Å². The third kappa shape index (κ3) is 5.34. The van der Waals surface area contributed by atoms with Crippen LogP contribution in [0, 0.1) is 7.14 Å². The quantitative estimate of drug-likeness (QED) is 0.180. The van der Waals surface area contributed by atoms with Gasteiger partial charge in [0.2, 0.25) is 0 Å². The number of carbonyl (C=O) groups is 2. The Morgan fingerprint density at radius 2 is 1.53 bits per heavy atom. The second-order valence-corrected chi connectivity index (χ2v) is 12.6. The van der Waals surface area contributed by atoms with Gasteiger partial charge in [0.1, 0.15) is 23.2 Å². The molecule has 0 atom stereocenters. The molecule has 0 radical (unpaired) electrons. The molecule has 2 N–H and O–H groups in total. The fourth-order valence-corrected chi connectivity index (χ4v) is 6.74. The van der Waals surface area contributed by atoms with E-state index in [1.54, 1.807) is 48.5 Å². The lowest BCUT2D eigenvalue weighted by Crippen LogP contribution is -2.60. The van der Waals surface area contributed by atoms with Crippen molar-refractivity contribution < 1.29 is 29.4 Å². The maximum Gasteiger partial charge on any atom is 0.347 e. The number of hydroxylamine groups is 2. The van der Waals surface area contributed by atoms with Gasteiger partial charge in [-0.25, -0.2) is 9.59 Å². The molecule has 0 unspecified atom stereocenters. The second-order valence-electron chi connectivity index (χ2n) is 10.2. The number of esters is 2. The Balaban J connectivity index is 1.62. The highest BCUT2D eigenvalue weighted by atomic mass is 127. The highest BCUT2D eigenvalue weighted by Gasteiger charge is 2.46. The van der Waals surface area contributed by atoms with E-state index in [1.807, 2.05) is 50.3 Å². The number of piperidine rings is 1. The summed E-state index contributed by atoms with van der Waals surface area (Å²) in [6, 6.07) is 13.6. The lowest BCUT2D eigenvalue weighted by Gasteiger charge is -2.50. The summed E-state index contributed by atoms with van der Waals surface area (Å²) in [6.45, 7) is 7.67. The number of phenolic OH excluding ortho intramolecular Hbond substituents is 1. The number of fused-ring (bicyclic) bond motifs is 1. The van der Waals surface area contributed by atoms with Crippen LogP contribution in [0.25, 0.3) is 10.8 Å². The average Bonchev–Trinajstić information content (AvgIpc) is 2.79. The van der Waals surface area contributed by atoms with E-state index >= 15 is 0 Å². The molecule has 1 fully saturated rings. The smallest absolute Gasteiger partial charge is 0.347 e. The van der Waals surface area contributed by atoms with Gasteiger partial charge in [0, 0.05) is 32.9 Å². The number of hydrogen-bond donors (Lipinski definition) is 2. The van der Waals surface area contributed by atoms with Crippen molar-refractivity contribution in [2.75, 3.05) is 0 Å². The molecular formula is C27H27I2NO6. The number of aromatic hydroxyl groups is 1. The first kappa shape index (κ1) is 27.1. The maximum atomic E-state index is 13.3. The van der Waals surface area contributed by atoms with Gasteiger partial charge in [0.05, 0.1) is 9.13 Å². The van der Waals surface area contributed by atoms with Gasteiger partial charge in [-0.05, 0) is 103 Å². The van der Waals surface area contributed by atoms with Gasteiger partial charge in [0.25, 0.3) is 0 Å². The van der Waals surface area contributed by atoms with Crippen molar-refractivity contribution in [3.63, 3.8) is 0 Å². The summed E-state index contributed by atoms with van der Waals surface area (Å²) in [5, 5.41) is 23.4. The predicted molar refractivity (Wildman–Crippen MR) is 153 cm³/mol. The molecule has 0 spiro atoms. The summed E-state index contributed by atoms with van der Waals surface area (Å²) in [6.07, 6.45) is 0.614. The van der Waals surface area contributed by atoms with Gasteiger partial charge in [-0.2, -0.15) is 5.06 Å². The van der Waals surface area contributed by atoms with Gasteiger partial charge in [0.15, 0.2) is 0 Å². The van der Waals surface area contributed by atoms with E-state index in [0.29, 0.717) is 32.7 Å². The predicted octanol–water partition coefficient (Wildman–Crippen LogP) is 6.54. The standard InChI is InChI=1S/C27H27I2NO6/c1-26(2)13-16(14-27(3,4)30(26)34)35-24(32)19-9-10-22(18-8-6-5-7-17(18)19)36-25(33)20-11-15(28)12-21(29)23(20)31/h5-12,16,31,34H,13-14H2,1-4H3. The first-order valence-electron chi connectivity index (χ1n) is 11.4. The zero-order valence-electron chi connectivity index (χ0n) is 20.3. The summed E-state index contributed by atoms with van der Waals surface area (Å²) >= 11 is 4.04. The van der Waals surface area contributed by atoms with Crippen molar-refractivity contribution in [1.29, 1.82) is 0 Å². The molecular weight excluding hydrogens is 688 g/mol. The molecule has 3 aromatic carbocycles. The summed E-state index contributed by atoms with van der Waals surface area (Å²) in [5.41, 5.74) is -0.671. The third-order valence-corrected chi connectivity index (χ3v) is 7.87. The SMILES string of the molecule is CC1(C)CC(OC(=O)c2ccc(OC(=O)c3cc(I)cc(I)c3O)c3ccccc23)CC(C)(C)N1O. The fraction of sp³-hybridized carbons (Fsp3) is 0.333. The van der Waals surface area contributed by atoms with E-state index in [4.69, 9.17) is 9.47 Å². The van der Waals surface area contributed by atoms with Crippen molar-refractivity contribution in [3.05, 3.63) is 66.8 Å².